The average Bonchev–Trinajstić information content (AvgIpc) is 3.14. The van der Waals surface area contributed by atoms with Crippen LogP contribution in [0.5, 0.6) is 11.5 Å². The smallest absolute Gasteiger partial charge is 0.222 e. The molecule has 1 aromatic carbocycles. The molecule has 2 atom stereocenters. The van der Waals surface area contributed by atoms with E-state index in [1.807, 2.05) is 36.1 Å². The molecule has 0 spiro atoms. The molecule has 2 fully saturated rings. The van der Waals surface area contributed by atoms with Gasteiger partial charge in [-0.1, -0.05) is 12.1 Å². The first-order valence-corrected chi connectivity index (χ1v) is 8.61. The molecule has 5 nitrogen and oxygen atoms in total. The number of halogens is 1. The maximum atomic E-state index is 12.3. The Morgan fingerprint density at radius 1 is 1.17 bits per heavy atom. The topological polar surface area (TPSA) is 50.8 Å². The molecule has 6 heteroatoms. The van der Waals surface area contributed by atoms with Crippen LogP contribution in [0.1, 0.15) is 19.8 Å². The summed E-state index contributed by atoms with van der Waals surface area (Å²) >= 11 is 0. The SMILES string of the molecule is CCOc1ccccc1OCCCC(=O)N1C[C@H]2CNC[C@H]2C1.Cl. The zero-order chi connectivity index (χ0) is 16.1. The summed E-state index contributed by atoms with van der Waals surface area (Å²) < 4.78 is 11.3. The number of benzene rings is 1. The molecule has 134 valence electrons. The highest BCUT2D eigenvalue weighted by Gasteiger charge is 2.37. The summed E-state index contributed by atoms with van der Waals surface area (Å²) in [5.41, 5.74) is 0. The van der Waals surface area contributed by atoms with E-state index in [1.54, 1.807) is 0 Å². The van der Waals surface area contributed by atoms with Gasteiger partial charge >= 0.3 is 0 Å². The van der Waals surface area contributed by atoms with Crippen LogP contribution < -0.4 is 14.8 Å². The number of amides is 1. The molecule has 24 heavy (non-hydrogen) atoms. The van der Waals surface area contributed by atoms with E-state index in [2.05, 4.69) is 5.32 Å². The molecule has 3 rings (SSSR count). The van der Waals surface area contributed by atoms with E-state index < -0.39 is 0 Å². The molecular formula is C18H27ClN2O3. The van der Waals surface area contributed by atoms with Gasteiger partial charge in [-0.2, -0.15) is 0 Å². The van der Waals surface area contributed by atoms with Gasteiger partial charge in [0.05, 0.1) is 13.2 Å². The van der Waals surface area contributed by atoms with Gasteiger partial charge in [-0.05, 0) is 37.3 Å². The minimum Gasteiger partial charge on any atom is -0.490 e. The summed E-state index contributed by atoms with van der Waals surface area (Å²) in [7, 11) is 0. The average molecular weight is 355 g/mol. The molecular weight excluding hydrogens is 328 g/mol. The van der Waals surface area contributed by atoms with Crippen molar-refractivity contribution in [3.05, 3.63) is 24.3 Å². The maximum absolute atomic E-state index is 12.3. The number of hydrogen-bond donors (Lipinski definition) is 1. The summed E-state index contributed by atoms with van der Waals surface area (Å²) in [4.78, 5) is 14.3. The van der Waals surface area contributed by atoms with Crippen molar-refractivity contribution in [2.75, 3.05) is 39.4 Å². The highest BCUT2D eigenvalue weighted by molar-refractivity contribution is 5.85. The predicted molar refractivity (Wildman–Crippen MR) is 96.0 cm³/mol. The summed E-state index contributed by atoms with van der Waals surface area (Å²) in [6.45, 7) is 7.08. The number of nitrogens with one attached hydrogen (secondary N) is 1. The Hall–Kier alpha value is -1.46. The Bertz CT molecular complexity index is 529. The molecule has 2 heterocycles. The van der Waals surface area contributed by atoms with Crippen LogP contribution in [0.3, 0.4) is 0 Å². The maximum Gasteiger partial charge on any atom is 0.222 e. The number of para-hydroxylation sites is 2. The zero-order valence-electron chi connectivity index (χ0n) is 14.2. The van der Waals surface area contributed by atoms with Crippen molar-refractivity contribution in [2.45, 2.75) is 19.8 Å². The molecule has 2 aliphatic heterocycles. The van der Waals surface area contributed by atoms with E-state index in [1.165, 1.54) is 0 Å². The monoisotopic (exact) mass is 354 g/mol. The first-order valence-electron chi connectivity index (χ1n) is 8.61. The molecule has 0 aromatic heterocycles. The lowest BCUT2D eigenvalue weighted by molar-refractivity contribution is -0.130. The Kier molecular flexibility index (Phi) is 7.18. The lowest BCUT2D eigenvalue weighted by Crippen LogP contribution is -2.31. The molecule has 1 amide bonds. The summed E-state index contributed by atoms with van der Waals surface area (Å²) in [6, 6.07) is 7.67. The number of hydrogen-bond acceptors (Lipinski definition) is 4. The van der Waals surface area contributed by atoms with Crippen LogP contribution >= 0.6 is 12.4 Å². The number of carbonyl (C=O) groups is 1. The second-order valence-corrected chi connectivity index (χ2v) is 6.31. The molecule has 1 aromatic rings. The Balaban J connectivity index is 0.00000208. The van der Waals surface area contributed by atoms with Gasteiger partial charge in [0.15, 0.2) is 11.5 Å². The lowest BCUT2D eigenvalue weighted by Gasteiger charge is -2.17. The third-order valence-electron chi connectivity index (χ3n) is 4.68. The van der Waals surface area contributed by atoms with Crippen LogP contribution in [0.4, 0.5) is 0 Å². The summed E-state index contributed by atoms with van der Waals surface area (Å²) in [5.74, 6) is 3.10. The number of rotatable bonds is 7. The van der Waals surface area contributed by atoms with E-state index >= 15 is 0 Å². The fraction of sp³-hybridized carbons (Fsp3) is 0.611. The van der Waals surface area contributed by atoms with Crippen molar-refractivity contribution in [1.82, 2.24) is 10.2 Å². The van der Waals surface area contributed by atoms with Gasteiger partial charge < -0.3 is 19.7 Å². The van der Waals surface area contributed by atoms with Crippen LogP contribution in [0.25, 0.3) is 0 Å². The van der Waals surface area contributed by atoms with E-state index in [0.717, 1.165) is 44.1 Å². The quantitative estimate of drug-likeness (QED) is 0.764. The van der Waals surface area contributed by atoms with Gasteiger partial charge in [0, 0.05) is 32.6 Å². The molecule has 2 saturated heterocycles. The third-order valence-corrected chi connectivity index (χ3v) is 4.68. The van der Waals surface area contributed by atoms with Crippen molar-refractivity contribution < 1.29 is 14.3 Å². The van der Waals surface area contributed by atoms with E-state index in [9.17, 15) is 4.79 Å². The van der Waals surface area contributed by atoms with Crippen molar-refractivity contribution in [2.24, 2.45) is 11.8 Å². The standard InChI is InChI=1S/C18H26N2O3.ClH/c1-2-22-16-6-3-4-7-17(16)23-9-5-8-18(21)20-12-14-10-19-11-15(14)13-20;/h3-4,6-7,14-15,19H,2,5,8-13H2,1H3;1H/t14-,15+;. The number of nitrogens with zero attached hydrogens (tertiary/aromatic N) is 1. The third kappa shape index (κ3) is 4.54. The zero-order valence-corrected chi connectivity index (χ0v) is 15.0. The molecule has 1 N–H and O–H groups in total. The summed E-state index contributed by atoms with van der Waals surface area (Å²) in [5, 5.41) is 3.40. The minimum absolute atomic E-state index is 0. The number of ether oxygens (including phenoxy) is 2. The largest absolute Gasteiger partial charge is 0.490 e. The first-order chi connectivity index (χ1) is 11.3. The fourth-order valence-corrected chi connectivity index (χ4v) is 3.47. The second kappa shape index (κ2) is 9.14. The molecule has 0 unspecified atom stereocenters. The van der Waals surface area contributed by atoms with Gasteiger partial charge in [0.25, 0.3) is 0 Å². The van der Waals surface area contributed by atoms with Crippen LogP contribution in [0.2, 0.25) is 0 Å². The van der Waals surface area contributed by atoms with Gasteiger partial charge in [0.1, 0.15) is 0 Å². The van der Waals surface area contributed by atoms with Crippen molar-refractivity contribution in [3.8, 4) is 11.5 Å². The van der Waals surface area contributed by atoms with Crippen molar-refractivity contribution in [3.63, 3.8) is 0 Å². The molecule has 2 aliphatic rings. The van der Waals surface area contributed by atoms with Crippen LogP contribution in [-0.2, 0) is 4.79 Å². The van der Waals surface area contributed by atoms with Crippen LogP contribution in [-0.4, -0.2) is 50.2 Å². The van der Waals surface area contributed by atoms with Crippen LogP contribution in [0.15, 0.2) is 24.3 Å². The van der Waals surface area contributed by atoms with Gasteiger partial charge in [0.2, 0.25) is 5.91 Å². The Labute approximate surface area is 150 Å². The Morgan fingerprint density at radius 2 is 1.79 bits per heavy atom. The van der Waals surface area contributed by atoms with Crippen molar-refractivity contribution in [1.29, 1.82) is 0 Å². The Morgan fingerprint density at radius 3 is 2.42 bits per heavy atom. The van der Waals surface area contributed by atoms with Gasteiger partial charge in [-0.3, -0.25) is 4.79 Å². The van der Waals surface area contributed by atoms with Gasteiger partial charge in [-0.25, -0.2) is 0 Å². The van der Waals surface area contributed by atoms with E-state index in [4.69, 9.17) is 9.47 Å². The second-order valence-electron chi connectivity index (χ2n) is 6.31. The molecule has 0 saturated carbocycles. The lowest BCUT2D eigenvalue weighted by atomic mass is 10.0. The first kappa shape index (κ1) is 18.9. The fourth-order valence-electron chi connectivity index (χ4n) is 3.47. The number of likely N-dealkylation sites (tertiary alicyclic amines) is 1. The van der Waals surface area contributed by atoms with Gasteiger partial charge in [-0.15, -0.1) is 12.4 Å². The predicted octanol–water partition coefficient (Wildman–Crippen LogP) is 2.34. The van der Waals surface area contributed by atoms with Crippen LogP contribution in [0, 0.1) is 11.8 Å². The summed E-state index contributed by atoms with van der Waals surface area (Å²) in [6.07, 6.45) is 1.30. The highest BCUT2D eigenvalue weighted by atomic mass is 35.5. The van der Waals surface area contributed by atoms with E-state index in [-0.39, 0.29) is 18.3 Å². The molecule has 0 radical (unpaired) electrons. The number of fused-ring (bicyclic) bond motifs is 1. The molecule has 0 bridgehead atoms. The highest BCUT2D eigenvalue weighted by Crippen LogP contribution is 2.28. The number of carbonyl (C=O) groups excluding carboxylic acids is 1. The minimum atomic E-state index is 0. The van der Waals surface area contributed by atoms with E-state index in [0.29, 0.717) is 31.5 Å². The normalized spacial score (nSPS) is 22.0. The molecule has 0 aliphatic carbocycles. The van der Waals surface area contributed by atoms with Crippen molar-refractivity contribution >= 4 is 18.3 Å².